The minimum absolute atomic E-state index is 0.0166. The van der Waals surface area contributed by atoms with Crippen molar-refractivity contribution in [1.82, 2.24) is 24.8 Å². The number of carbonyl (C=O) groups is 1. The molecule has 1 atom stereocenters. The number of rotatable bonds is 5. The van der Waals surface area contributed by atoms with Gasteiger partial charge in [0, 0.05) is 23.4 Å². The molecule has 2 aromatic heterocycles. The lowest BCUT2D eigenvalue weighted by molar-refractivity contribution is -0.137. The smallest absolute Gasteiger partial charge is 0.399 e. The van der Waals surface area contributed by atoms with Crippen LogP contribution < -0.4 is 17.0 Å². The number of hydrogen-bond acceptors (Lipinski definition) is 6. The van der Waals surface area contributed by atoms with Crippen LogP contribution in [0, 0.1) is 6.92 Å². The number of amides is 1. The summed E-state index contributed by atoms with van der Waals surface area (Å²) in [6, 6.07) is 12.2. The molecule has 9 nitrogen and oxygen atoms in total. The van der Waals surface area contributed by atoms with E-state index in [-0.39, 0.29) is 22.5 Å². The van der Waals surface area contributed by atoms with E-state index in [1.54, 1.807) is 38.1 Å². The van der Waals surface area contributed by atoms with Crippen LogP contribution in [0.4, 0.5) is 18.9 Å². The molecule has 0 bridgehead atoms. The summed E-state index contributed by atoms with van der Waals surface area (Å²) < 4.78 is 43.0. The number of tetrazole rings is 1. The first-order valence-corrected chi connectivity index (χ1v) is 10.4. The van der Waals surface area contributed by atoms with Gasteiger partial charge in [0.2, 0.25) is 0 Å². The van der Waals surface area contributed by atoms with Gasteiger partial charge in [0.1, 0.15) is 0 Å². The topological polar surface area (TPSA) is 135 Å². The monoisotopic (exact) mass is 483 g/mol. The van der Waals surface area contributed by atoms with Crippen molar-refractivity contribution in [3.05, 3.63) is 93.2 Å². The summed E-state index contributed by atoms with van der Waals surface area (Å²) in [6.45, 7) is 3.26. The van der Waals surface area contributed by atoms with E-state index in [9.17, 15) is 22.8 Å². The second-order valence-electron chi connectivity index (χ2n) is 7.94. The molecule has 0 aliphatic heterocycles. The third-order valence-corrected chi connectivity index (χ3v) is 5.57. The van der Waals surface area contributed by atoms with Crippen molar-refractivity contribution in [2.75, 3.05) is 5.73 Å². The van der Waals surface area contributed by atoms with E-state index in [2.05, 4.69) is 15.5 Å². The minimum Gasteiger partial charge on any atom is -0.399 e. The highest BCUT2D eigenvalue weighted by atomic mass is 19.4. The van der Waals surface area contributed by atoms with Crippen LogP contribution in [-0.4, -0.2) is 30.7 Å². The average molecular weight is 483 g/mol. The number of benzene rings is 2. The molecule has 0 saturated carbocycles. The number of aromatic nitrogens is 5. The fraction of sp³-hybridized carbons (Fsp3) is 0.174. The molecule has 2 aromatic carbocycles. The number of halogens is 3. The predicted octanol–water partition coefficient (Wildman–Crippen LogP) is 2.97. The van der Waals surface area contributed by atoms with Crippen molar-refractivity contribution >= 4 is 11.6 Å². The summed E-state index contributed by atoms with van der Waals surface area (Å²) in [7, 11) is 0. The maximum Gasteiger partial charge on any atom is 0.416 e. The van der Waals surface area contributed by atoms with Crippen molar-refractivity contribution in [1.29, 1.82) is 0 Å². The fourth-order valence-electron chi connectivity index (χ4n) is 3.94. The van der Waals surface area contributed by atoms with Crippen LogP contribution in [0.25, 0.3) is 11.4 Å². The third kappa shape index (κ3) is 4.50. The van der Waals surface area contributed by atoms with E-state index in [4.69, 9.17) is 11.5 Å². The largest absolute Gasteiger partial charge is 0.416 e. The summed E-state index contributed by atoms with van der Waals surface area (Å²) >= 11 is 0. The van der Waals surface area contributed by atoms with Crippen molar-refractivity contribution < 1.29 is 18.0 Å². The average Bonchev–Trinajstić information content (AvgIpc) is 3.23. The molecule has 0 aliphatic rings. The Morgan fingerprint density at radius 3 is 2.40 bits per heavy atom. The number of carbonyl (C=O) groups excluding carboxylic acids is 1. The van der Waals surface area contributed by atoms with Gasteiger partial charge in [0.05, 0.1) is 22.5 Å². The Kier molecular flexibility index (Phi) is 5.89. The molecular formula is C23H20F3N7O2. The van der Waals surface area contributed by atoms with Gasteiger partial charge in [-0.05, 0) is 65.4 Å². The van der Waals surface area contributed by atoms with Crippen molar-refractivity contribution in [3.8, 4) is 11.4 Å². The third-order valence-electron chi connectivity index (χ3n) is 5.57. The van der Waals surface area contributed by atoms with Crippen molar-refractivity contribution in [2.24, 2.45) is 5.73 Å². The summed E-state index contributed by atoms with van der Waals surface area (Å²) in [5, 5.41) is 11.4. The normalized spacial score (nSPS) is 12.5. The van der Waals surface area contributed by atoms with Gasteiger partial charge in [-0.2, -0.15) is 17.9 Å². The van der Waals surface area contributed by atoms with E-state index in [1.165, 1.54) is 27.4 Å². The molecule has 12 heteroatoms. The number of nitrogen functional groups attached to an aromatic ring is 1. The highest BCUT2D eigenvalue weighted by molar-refractivity contribution is 5.94. The highest BCUT2D eigenvalue weighted by Crippen LogP contribution is 2.35. The van der Waals surface area contributed by atoms with Crippen LogP contribution in [-0.2, 0) is 6.18 Å². The maximum absolute atomic E-state index is 13.4. The zero-order valence-corrected chi connectivity index (χ0v) is 18.6. The minimum atomic E-state index is -4.63. The van der Waals surface area contributed by atoms with Gasteiger partial charge < -0.3 is 11.5 Å². The van der Waals surface area contributed by atoms with Crippen LogP contribution in [0.15, 0.2) is 59.4 Å². The molecule has 0 spiro atoms. The molecule has 180 valence electrons. The van der Waals surface area contributed by atoms with E-state index in [0.717, 1.165) is 12.1 Å². The molecule has 1 unspecified atom stereocenters. The predicted molar refractivity (Wildman–Crippen MR) is 121 cm³/mol. The number of primary amides is 1. The van der Waals surface area contributed by atoms with Crippen molar-refractivity contribution in [3.63, 3.8) is 0 Å². The second kappa shape index (κ2) is 8.70. The number of hydrogen-bond donors (Lipinski definition) is 2. The zero-order chi connectivity index (χ0) is 25.5. The Morgan fingerprint density at radius 2 is 1.77 bits per heavy atom. The van der Waals surface area contributed by atoms with Gasteiger partial charge >= 0.3 is 6.18 Å². The molecule has 4 N–H and O–H groups in total. The number of aryl methyl sites for hydroxylation is 1. The van der Waals surface area contributed by atoms with Crippen molar-refractivity contribution in [2.45, 2.75) is 25.9 Å². The summed E-state index contributed by atoms with van der Waals surface area (Å²) in [5.74, 6) is -1.21. The molecule has 1 amide bonds. The quantitative estimate of drug-likeness (QED) is 0.419. The molecule has 4 aromatic rings. The number of alkyl halides is 3. The number of nitrogens with two attached hydrogens (primary N) is 2. The van der Waals surface area contributed by atoms with E-state index >= 15 is 0 Å². The lowest BCUT2D eigenvalue weighted by Crippen LogP contribution is -2.28. The first-order chi connectivity index (χ1) is 16.5. The Morgan fingerprint density at radius 1 is 1.06 bits per heavy atom. The number of nitrogens with zero attached hydrogens (tertiary/aromatic N) is 5. The molecule has 0 saturated heterocycles. The van der Waals surface area contributed by atoms with Crippen LogP contribution in [0.5, 0.6) is 0 Å². The Hall–Kier alpha value is -4.48. The van der Waals surface area contributed by atoms with Gasteiger partial charge in [-0.15, -0.1) is 5.10 Å². The first-order valence-electron chi connectivity index (χ1n) is 10.4. The van der Waals surface area contributed by atoms with Crippen LogP contribution in [0.1, 0.15) is 45.8 Å². The second-order valence-corrected chi connectivity index (χ2v) is 7.94. The maximum atomic E-state index is 13.4. The van der Waals surface area contributed by atoms with E-state index in [0.29, 0.717) is 17.2 Å². The lowest BCUT2D eigenvalue weighted by Gasteiger charge is -2.23. The zero-order valence-electron chi connectivity index (χ0n) is 18.6. The fourth-order valence-corrected chi connectivity index (χ4v) is 3.94. The summed E-state index contributed by atoms with van der Waals surface area (Å²) in [4.78, 5) is 25.4. The van der Waals surface area contributed by atoms with E-state index in [1.807, 2.05) is 0 Å². The van der Waals surface area contributed by atoms with Gasteiger partial charge in [0.25, 0.3) is 11.5 Å². The molecule has 4 rings (SSSR count). The standard InChI is InChI=1S/C23H20F3N7O2/c1-12(14-8-15(23(24,25)26)10-16(27)9-14)21-19(22(28)35)6-7-20(34)32(21)17-4-3-5-18(11-17)33-13(2)29-30-31-33/h3-12H,27H2,1-2H3,(H2,28,35). The molecule has 35 heavy (non-hydrogen) atoms. The van der Waals surface area contributed by atoms with Crippen LogP contribution >= 0.6 is 0 Å². The number of anilines is 1. The first kappa shape index (κ1) is 23.7. The van der Waals surface area contributed by atoms with Gasteiger partial charge in [-0.25, -0.2) is 0 Å². The molecule has 0 aliphatic carbocycles. The van der Waals surface area contributed by atoms with Gasteiger partial charge in [0.15, 0.2) is 5.82 Å². The SMILES string of the molecule is Cc1nnnn1-c1cccc(-n2c(C(C)c3cc(N)cc(C(F)(F)F)c3)c(C(N)=O)ccc2=O)c1. The molecule has 0 fully saturated rings. The van der Waals surface area contributed by atoms with E-state index < -0.39 is 29.1 Å². The highest BCUT2D eigenvalue weighted by Gasteiger charge is 2.32. The summed E-state index contributed by atoms with van der Waals surface area (Å²) in [5.41, 5.74) is 10.9. The Labute approximate surface area is 196 Å². The summed E-state index contributed by atoms with van der Waals surface area (Å²) in [6.07, 6.45) is -4.63. The molecule has 2 heterocycles. The van der Waals surface area contributed by atoms with Gasteiger partial charge in [-0.3, -0.25) is 14.2 Å². The molecular weight excluding hydrogens is 463 g/mol. The molecule has 0 radical (unpaired) electrons. The lowest BCUT2D eigenvalue weighted by atomic mass is 9.91. The van der Waals surface area contributed by atoms with Crippen LogP contribution in [0.2, 0.25) is 0 Å². The van der Waals surface area contributed by atoms with Gasteiger partial charge in [-0.1, -0.05) is 13.0 Å². The Balaban J connectivity index is 1.97. The van der Waals surface area contributed by atoms with Crippen LogP contribution in [0.3, 0.4) is 0 Å². The Bertz CT molecular complexity index is 1490. The number of pyridine rings is 1.